The summed E-state index contributed by atoms with van der Waals surface area (Å²) in [5, 5.41) is 0. The van der Waals surface area contributed by atoms with Gasteiger partial charge in [0.25, 0.3) is 0 Å². The predicted octanol–water partition coefficient (Wildman–Crippen LogP) is 4.94. The minimum absolute atomic E-state index is 0.390. The first kappa shape index (κ1) is 21.2. The summed E-state index contributed by atoms with van der Waals surface area (Å²) in [6.07, 6.45) is 10.5. The van der Waals surface area contributed by atoms with Crippen LogP contribution in [0.25, 0.3) is 0 Å². The Kier molecular flexibility index (Phi) is 8.71. The summed E-state index contributed by atoms with van der Waals surface area (Å²) in [5.41, 5.74) is 0. The van der Waals surface area contributed by atoms with Crippen LogP contribution in [-0.4, -0.2) is 59.8 Å². The van der Waals surface area contributed by atoms with Crippen LogP contribution in [0.3, 0.4) is 0 Å². The van der Waals surface area contributed by atoms with Crippen molar-refractivity contribution in [1.29, 1.82) is 0 Å². The Morgan fingerprint density at radius 1 is 0.880 bits per heavy atom. The average Bonchev–Trinajstić information content (AvgIpc) is 2.54. The Morgan fingerprint density at radius 3 is 2.00 bits per heavy atom. The third kappa shape index (κ3) is 6.84. The minimum Gasteiger partial charge on any atom is -0.376 e. The highest BCUT2D eigenvalue weighted by Crippen LogP contribution is 2.30. The molecule has 0 spiro atoms. The molecule has 0 N–H and O–H groups in total. The van der Waals surface area contributed by atoms with Gasteiger partial charge in [-0.15, -0.1) is 0 Å². The molecule has 2 fully saturated rings. The molecule has 25 heavy (non-hydrogen) atoms. The fraction of sp³-hybridized carbons (Fsp3) is 1.00. The summed E-state index contributed by atoms with van der Waals surface area (Å²) in [5.74, 6) is 0.958. The van der Waals surface area contributed by atoms with Gasteiger partial charge in [-0.25, -0.2) is 0 Å². The van der Waals surface area contributed by atoms with Gasteiger partial charge in [-0.2, -0.15) is 0 Å². The summed E-state index contributed by atoms with van der Waals surface area (Å²) in [7, 11) is 0. The van der Waals surface area contributed by atoms with Crippen LogP contribution in [0.5, 0.6) is 0 Å². The monoisotopic (exact) mass is 352 g/mol. The fourth-order valence-corrected chi connectivity index (χ4v) is 4.93. The number of hydrogen-bond acceptors (Lipinski definition) is 3. The van der Waals surface area contributed by atoms with E-state index in [2.05, 4.69) is 51.3 Å². The molecule has 1 aliphatic heterocycles. The first-order chi connectivity index (χ1) is 11.9. The molecule has 1 aliphatic carbocycles. The molecule has 3 nitrogen and oxygen atoms in total. The maximum Gasteiger partial charge on any atom is 0.0578 e. The highest BCUT2D eigenvalue weighted by Gasteiger charge is 2.30. The maximum absolute atomic E-state index is 5.98. The topological polar surface area (TPSA) is 15.7 Å². The van der Waals surface area contributed by atoms with Crippen LogP contribution in [0.1, 0.15) is 86.5 Å². The second kappa shape index (κ2) is 10.3. The van der Waals surface area contributed by atoms with E-state index in [9.17, 15) is 0 Å². The Bertz CT molecular complexity index is 351. The highest BCUT2D eigenvalue weighted by atomic mass is 16.5. The number of piperazine rings is 1. The Labute approximate surface area is 157 Å². The highest BCUT2D eigenvalue weighted by molar-refractivity contribution is 4.86. The predicted molar refractivity (Wildman–Crippen MR) is 108 cm³/mol. The van der Waals surface area contributed by atoms with E-state index in [1.165, 1.54) is 64.6 Å². The molecule has 0 radical (unpaired) electrons. The zero-order chi connectivity index (χ0) is 18.4. The zero-order valence-corrected chi connectivity index (χ0v) is 17.8. The van der Waals surface area contributed by atoms with Gasteiger partial charge in [0, 0.05) is 31.2 Å². The van der Waals surface area contributed by atoms with Crippen molar-refractivity contribution in [3.05, 3.63) is 0 Å². The van der Waals surface area contributed by atoms with Gasteiger partial charge in [0.2, 0.25) is 0 Å². The van der Waals surface area contributed by atoms with Gasteiger partial charge in [0.1, 0.15) is 0 Å². The average molecular weight is 353 g/mol. The van der Waals surface area contributed by atoms with Crippen molar-refractivity contribution in [3.63, 3.8) is 0 Å². The van der Waals surface area contributed by atoms with Crippen molar-refractivity contribution in [2.45, 2.75) is 117 Å². The second-order valence-corrected chi connectivity index (χ2v) is 9.31. The quantitative estimate of drug-likeness (QED) is 0.575. The van der Waals surface area contributed by atoms with Crippen LogP contribution >= 0.6 is 0 Å². The summed E-state index contributed by atoms with van der Waals surface area (Å²) in [6, 6.07) is 2.09. The molecule has 0 aromatic carbocycles. The van der Waals surface area contributed by atoms with Crippen molar-refractivity contribution in [2.75, 3.05) is 19.6 Å². The van der Waals surface area contributed by atoms with Crippen LogP contribution < -0.4 is 0 Å². The standard InChI is InChI=1S/C22H44N2O/c1-17(2)23-15-19(5)24(20(6)16-23)14-8-7-9-21-10-12-22(13-11-21)25-18(3)4/h17-22H,7-16H2,1-6H3/t19-,20-,21-,22-/m0/s1. The molecule has 1 heterocycles. The van der Waals surface area contributed by atoms with E-state index < -0.39 is 0 Å². The van der Waals surface area contributed by atoms with Crippen molar-refractivity contribution in [2.24, 2.45) is 5.92 Å². The molecule has 0 aromatic rings. The normalized spacial score (nSPS) is 32.6. The van der Waals surface area contributed by atoms with Crippen LogP contribution in [0, 0.1) is 5.92 Å². The molecule has 1 saturated carbocycles. The van der Waals surface area contributed by atoms with Gasteiger partial charge >= 0.3 is 0 Å². The first-order valence-corrected chi connectivity index (χ1v) is 11.0. The van der Waals surface area contributed by atoms with E-state index in [4.69, 9.17) is 4.74 Å². The lowest BCUT2D eigenvalue weighted by Gasteiger charge is -2.46. The zero-order valence-electron chi connectivity index (χ0n) is 17.8. The van der Waals surface area contributed by atoms with E-state index >= 15 is 0 Å². The van der Waals surface area contributed by atoms with Crippen molar-refractivity contribution in [3.8, 4) is 0 Å². The Hall–Kier alpha value is -0.120. The van der Waals surface area contributed by atoms with E-state index in [0.29, 0.717) is 30.3 Å². The SMILES string of the molecule is CC(C)O[C@H]1CC[C@H](CCCCN2[C@@H](C)CN(C(C)C)C[C@@H]2C)CC1. The van der Waals surface area contributed by atoms with Gasteiger partial charge in [0.05, 0.1) is 12.2 Å². The lowest BCUT2D eigenvalue weighted by atomic mass is 9.84. The lowest BCUT2D eigenvalue weighted by Crippen LogP contribution is -2.58. The maximum atomic E-state index is 5.98. The van der Waals surface area contributed by atoms with Gasteiger partial charge in [0.15, 0.2) is 0 Å². The number of nitrogens with zero attached hydrogens (tertiary/aromatic N) is 2. The molecule has 3 heteroatoms. The molecular formula is C22H44N2O. The summed E-state index contributed by atoms with van der Waals surface area (Å²) in [6.45, 7) is 17.6. The van der Waals surface area contributed by atoms with Gasteiger partial charge in [-0.3, -0.25) is 9.80 Å². The molecule has 0 aromatic heterocycles. The van der Waals surface area contributed by atoms with Gasteiger partial charge in [-0.05, 0) is 86.1 Å². The Morgan fingerprint density at radius 2 is 1.48 bits per heavy atom. The molecule has 0 unspecified atom stereocenters. The smallest absolute Gasteiger partial charge is 0.0578 e. The molecule has 2 atom stereocenters. The van der Waals surface area contributed by atoms with E-state index in [1.807, 2.05) is 0 Å². The molecule has 1 saturated heterocycles. The lowest BCUT2D eigenvalue weighted by molar-refractivity contribution is -0.0205. The molecule has 2 aliphatic rings. The van der Waals surface area contributed by atoms with Crippen molar-refractivity contribution >= 4 is 0 Å². The molecule has 0 bridgehead atoms. The number of hydrogen-bond donors (Lipinski definition) is 0. The van der Waals surface area contributed by atoms with Crippen LogP contribution in [0.2, 0.25) is 0 Å². The molecule has 2 rings (SSSR count). The third-order valence-corrected chi connectivity index (χ3v) is 6.40. The third-order valence-electron chi connectivity index (χ3n) is 6.40. The van der Waals surface area contributed by atoms with Gasteiger partial charge < -0.3 is 4.74 Å². The Balaban J connectivity index is 1.60. The summed E-state index contributed by atoms with van der Waals surface area (Å²) in [4.78, 5) is 5.40. The van der Waals surface area contributed by atoms with Gasteiger partial charge in [-0.1, -0.05) is 12.8 Å². The van der Waals surface area contributed by atoms with Crippen LogP contribution in [0.15, 0.2) is 0 Å². The fourth-order valence-electron chi connectivity index (χ4n) is 4.93. The molecular weight excluding hydrogens is 308 g/mol. The van der Waals surface area contributed by atoms with E-state index in [1.54, 1.807) is 0 Å². The largest absolute Gasteiger partial charge is 0.376 e. The van der Waals surface area contributed by atoms with Crippen LogP contribution in [0.4, 0.5) is 0 Å². The molecule has 0 amide bonds. The number of ether oxygens (including phenoxy) is 1. The minimum atomic E-state index is 0.390. The van der Waals surface area contributed by atoms with Crippen molar-refractivity contribution in [1.82, 2.24) is 9.80 Å². The van der Waals surface area contributed by atoms with E-state index in [0.717, 1.165) is 5.92 Å². The van der Waals surface area contributed by atoms with Crippen molar-refractivity contribution < 1.29 is 4.74 Å². The summed E-state index contributed by atoms with van der Waals surface area (Å²) < 4.78 is 5.98. The van der Waals surface area contributed by atoms with Crippen LogP contribution in [-0.2, 0) is 4.74 Å². The molecule has 148 valence electrons. The summed E-state index contributed by atoms with van der Waals surface area (Å²) >= 11 is 0. The number of unbranched alkanes of at least 4 members (excludes halogenated alkanes) is 1. The second-order valence-electron chi connectivity index (χ2n) is 9.31. The van der Waals surface area contributed by atoms with E-state index in [-0.39, 0.29) is 0 Å². The number of rotatable bonds is 8. The first-order valence-electron chi connectivity index (χ1n) is 11.0.